The van der Waals surface area contributed by atoms with Crippen molar-refractivity contribution < 1.29 is 14.3 Å². The van der Waals surface area contributed by atoms with E-state index in [1.807, 2.05) is 0 Å². The molecule has 18 heavy (non-hydrogen) atoms. The van der Waals surface area contributed by atoms with Crippen LogP contribution in [0.2, 0.25) is 0 Å². The third-order valence-electron chi connectivity index (χ3n) is 2.09. The van der Waals surface area contributed by atoms with Gasteiger partial charge in [0.15, 0.2) is 5.69 Å². The van der Waals surface area contributed by atoms with Crippen molar-refractivity contribution in [3.05, 3.63) is 10.7 Å². The van der Waals surface area contributed by atoms with Crippen LogP contribution in [0.15, 0.2) is 0 Å². The SMILES string of the molecule is CCOC(=O)c1nc(C)sc1N(C)C(=O)CC#N. The predicted molar refractivity (Wildman–Crippen MR) is 66.4 cm³/mol. The Morgan fingerprint density at radius 3 is 2.78 bits per heavy atom. The van der Waals surface area contributed by atoms with Crippen LogP contribution in [0.4, 0.5) is 5.00 Å². The summed E-state index contributed by atoms with van der Waals surface area (Å²) >= 11 is 1.21. The van der Waals surface area contributed by atoms with E-state index in [-0.39, 0.29) is 24.6 Å². The van der Waals surface area contributed by atoms with Crippen LogP contribution in [0.5, 0.6) is 0 Å². The highest BCUT2D eigenvalue weighted by atomic mass is 32.1. The molecule has 0 saturated carbocycles. The first-order valence-electron chi connectivity index (χ1n) is 5.29. The zero-order valence-electron chi connectivity index (χ0n) is 10.4. The Balaban J connectivity index is 3.05. The minimum atomic E-state index is -0.562. The van der Waals surface area contributed by atoms with Crippen LogP contribution in [0.25, 0.3) is 0 Å². The molecule has 0 aliphatic heterocycles. The molecule has 7 heteroatoms. The van der Waals surface area contributed by atoms with Crippen molar-refractivity contribution in [3.63, 3.8) is 0 Å². The Bertz CT molecular complexity index is 504. The highest BCUT2D eigenvalue weighted by Gasteiger charge is 2.23. The number of carbonyl (C=O) groups excluding carboxylic acids is 2. The van der Waals surface area contributed by atoms with Crippen LogP contribution in [0, 0.1) is 18.3 Å². The summed E-state index contributed by atoms with van der Waals surface area (Å²) in [5.41, 5.74) is 0.119. The van der Waals surface area contributed by atoms with Gasteiger partial charge in [-0.15, -0.1) is 11.3 Å². The minimum Gasteiger partial charge on any atom is -0.461 e. The number of nitriles is 1. The molecule has 0 fully saturated rings. The fraction of sp³-hybridized carbons (Fsp3) is 0.455. The van der Waals surface area contributed by atoms with E-state index < -0.39 is 5.97 Å². The summed E-state index contributed by atoms with van der Waals surface area (Å²) < 4.78 is 4.87. The predicted octanol–water partition coefficient (Wildman–Crippen LogP) is 1.50. The lowest BCUT2D eigenvalue weighted by atomic mass is 10.3. The molecule has 1 aromatic heterocycles. The van der Waals surface area contributed by atoms with Gasteiger partial charge in [0, 0.05) is 7.05 Å². The van der Waals surface area contributed by atoms with Gasteiger partial charge in [-0.25, -0.2) is 9.78 Å². The maximum absolute atomic E-state index is 11.7. The molecule has 1 aromatic rings. The molecule has 0 spiro atoms. The van der Waals surface area contributed by atoms with Gasteiger partial charge < -0.3 is 9.64 Å². The second-order valence-corrected chi connectivity index (χ2v) is 4.58. The molecule has 1 heterocycles. The summed E-state index contributed by atoms with van der Waals surface area (Å²) in [5.74, 6) is -0.944. The molecule has 6 nitrogen and oxygen atoms in total. The van der Waals surface area contributed by atoms with Crippen molar-refractivity contribution >= 4 is 28.2 Å². The van der Waals surface area contributed by atoms with Crippen LogP contribution < -0.4 is 4.90 Å². The van der Waals surface area contributed by atoms with Gasteiger partial charge >= 0.3 is 5.97 Å². The Hall–Kier alpha value is -1.94. The standard InChI is InChI=1S/C11H13N3O3S/c1-4-17-11(16)9-10(18-7(2)13-9)14(3)8(15)5-6-12/h4-5H2,1-3H3. The fourth-order valence-corrected chi connectivity index (χ4v) is 2.16. The van der Waals surface area contributed by atoms with Gasteiger partial charge in [0.1, 0.15) is 11.4 Å². The van der Waals surface area contributed by atoms with Crippen molar-refractivity contribution in [1.29, 1.82) is 5.26 Å². The zero-order valence-corrected chi connectivity index (χ0v) is 11.2. The van der Waals surface area contributed by atoms with Gasteiger partial charge in [0.2, 0.25) is 5.91 Å². The number of nitrogens with zero attached hydrogens (tertiary/aromatic N) is 3. The van der Waals surface area contributed by atoms with Gasteiger partial charge in [-0.1, -0.05) is 0 Å². The number of carbonyl (C=O) groups is 2. The van der Waals surface area contributed by atoms with Crippen molar-refractivity contribution in [2.75, 3.05) is 18.6 Å². The van der Waals surface area contributed by atoms with Gasteiger partial charge in [0.05, 0.1) is 17.7 Å². The molecular weight excluding hydrogens is 254 g/mol. The first-order valence-corrected chi connectivity index (χ1v) is 6.11. The second-order valence-electron chi connectivity index (χ2n) is 3.39. The zero-order chi connectivity index (χ0) is 13.7. The van der Waals surface area contributed by atoms with Crippen LogP contribution in [0.3, 0.4) is 0 Å². The summed E-state index contributed by atoms with van der Waals surface area (Å²) in [4.78, 5) is 28.6. The number of rotatable bonds is 4. The molecule has 0 aliphatic rings. The highest BCUT2D eigenvalue weighted by molar-refractivity contribution is 7.16. The number of aromatic nitrogens is 1. The van der Waals surface area contributed by atoms with Crippen molar-refractivity contribution in [2.45, 2.75) is 20.3 Å². The molecule has 0 aliphatic carbocycles. The molecule has 0 unspecified atom stereocenters. The Morgan fingerprint density at radius 2 is 2.22 bits per heavy atom. The molecular formula is C11H13N3O3S. The summed E-state index contributed by atoms with van der Waals surface area (Å²) in [5, 5.41) is 9.56. The summed E-state index contributed by atoms with van der Waals surface area (Å²) in [6.45, 7) is 3.67. The number of ether oxygens (including phenoxy) is 1. The maximum Gasteiger partial charge on any atom is 0.360 e. The molecule has 1 rings (SSSR count). The fourth-order valence-electron chi connectivity index (χ4n) is 1.28. The molecule has 1 amide bonds. The van der Waals surface area contributed by atoms with Crippen LogP contribution in [-0.4, -0.2) is 30.5 Å². The lowest BCUT2D eigenvalue weighted by Gasteiger charge is -2.14. The summed E-state index contributed by atoms with van der Waals surface area (Å²) in [6, 6.07) is 1.78. The van der Waals surface area contributed by atoms with Gasteiger partial charge in [-0.3, -0.25) is 4.79 Å². The number of hydrogen-bond acceptors (Lipinski definition) is 6. The second kappa shape index (κ2) is 6.12. The minimum absolute atomic E-state index is 0.119. The van der Waals surface area contributed by atoms with E-state index in [0.717, 1.165) is 0 Å². The smallest absolute Gasteiger partial charge is 0.360 e. The molecule has 96 valence electrons. The van der Waals surface area contributed by atoms with E-state index in [2.05, 4.69) is 4.98 Å². The Kier molecular flexibility index (Phi) is 4.80. The Morgan fingerprint density at radius 1 is 1.56 bits per heavy atom. The summed E-state index contributed by atoms with van der Waals surface area (Å²) in [6.07, 6.45) is -0.240. The first-order chi connectivity index (χ1) is 8.51. The molecule has 0 radical (unpaired) electrons. The molecule has 0 bridgehead atoms. The number of anilines is 1. The highest BCUT2D eigenvalue weighted by Crippen LogP contribution is 2.28. The van der Waals surface area contributed by atoms with Gasteiger partial charge in [-0.05, 0) is 13.8 Å². The Labute approximate surface area is 109 Å². The van der Waals surface area contributed by atoms with Crippen molar-refractivity contribution in [1.82, 2.24) is 4.98 Å². The largest absolute Gasteiger partial charge is 0.461 e. The lowest BCUT2D eigenvalue weighted by Crippen LogP contribution is -2.26. The third kappa shape index (κ3) is 3.05. The monoisotopic (exact) mass is 267 g/mol. The van der Waals surface area contributed by atoms with Crippen molar-refractivity contribution in [3.8, 4) is 6.07 Å². The van der Waals surface area contributed by atoms with E-state index in [1.165, 1.54) is 23.3 Å². The van der Waals surface area contributed by atoms with E-state index in [0.29, 0.717) is 10.0 Å². The van der Waals surface area contributed by atoms with Gasteiger partial charge in [0.25, 0.3) is 0 Å². The molecule has 0 N–H and O–H groups in total. The van der Waals surface area contributed by atoms with Crippen LogP contribution in [-0.2, 0) is 9.53 Å². The number of hydrogen-bond donors (Lipinski definition) is 0. The van der Waals surface area contributed by atoms with E-state index in [4.69, 9.17) is 10.00 Å². The van der Waals surface area contributed by atoms with Crippen LogP contribution >= 0.6 is 11.3 Å². The maximum atomic E-state index is 11.7. The lowest BCUT2D eigenvalue weighted by molar-refractivity contribution is -0.117. The third-order valence-corrected chi connectivity index (χ3v) is 3.14. The van der Waals surface area contributed by atoms with Crippen LogP contribution in [0.1, 0.15) is 28.8 Å². The number of esters is 1. The van der Waals surface area contributed by atoms with Gasteiger partial charge in [-0.2, -0.15) is 5.26 Å². The number of aryl methyl sites for hydroxylation is 1. The van der Waals surface area contributed by atoms with E-state index in [1.54, 1.807) is 19.9 Å². The molecule has 0 aromatic carbocycles. The van der Waals surface area contributed by atoms with E-state index >= 15 is 0 Å². The first kappa shape index (κ1) is 14.1. The van der Waals surface area contributed by atoms with E-state index in [9.17, 15) is 9.59 Å². The average Bonchev–Trinajstić information content (AvgIpc) is 2.71. The summed E-state index contributed by atoms with van der Waals surface area (Å²) in [7, 11) is 1.51. The average molecular weight is 267 g/mol. The quantitative estimate of drug-likeness (QED) is 0.772. The van der Waals surface area contributed by atoms with Crippen molar-refractivity contribution in [2.24, 2.45) is 0 Å². The normalized spacial score (nSPS) is 9.67. The molecule has 0 saturated heterocycles. The number of thiazole rings is 1. The topological polar surface area (TPSA) is 83.3 Å². The molecule has 0 atom stereocenters. The number of amides is 1.